The predicted octanol–water partition coefficient (Wildman–Crippen LogP) is 1.89. The van der Waals surface area contributed by atoms with Crippen LogP contribution in [0.1, 0.15) is 5.56 Å². The second-order valence-corrected chi connectivity index (χ2v) is 3.34. The first-order valence-corrected chi connectivity index (χ1v) is 5.05. The zero-order chi connectivity index (χ0) is 11.2. The van der Waals surface area contributed by atoms with Crippen molar-refractivity contribution in [1.29, 1.82) is 0 Å². The third-order valence-electron chi connectivity index (χ3n) is 2.11. The van der Waals surface area contributed by atoms with Crippen LogP contribution in [0.25, 0.3) is 0 Å². The molecule has 4 heteroatoms. The summed E-state index contributed by atoms with van der Waals surface area (Å²) >= 11 is 0. The summed E-state index contributed by atoms with van der Waals surface area (Å²) in [5, 5.41) is 7.66. The van der Waals surface area contributed by atoms with Crippen LogP contribution in [-0.2, 0) is 6.54 Å². The lowest BCUT2D eigenvalue weighted by atomic mass is 10.2. The standard InChI is InChI=1S/C12H13N3O/c1-2-9-16-12-5-3-11(4-6-12)10-15-8-7-13-14-15/h2-8H,1,9-10H2. The zero-order valence-electron chi connectivity index (χ0n) is 8.91. The molecule has 16 heavy (non-hydrogen) atoms. The van der Waals surface area contributed by atoms with E-state index in [2.05, 4.69) is 16.9 Å². The molecule has 0 saturated carbocycles. The van der Waals surface area contributed by atoms with Crippen LogP contribution in [-0.4, -0.2) is 21.6 Å². The summed E-state index contributed by atoms with van der Waals surface area (Å²) < 4.78 is 7.17. The van der Waals surface area contributed by atoms with Crippen molar-refractivity contribution in [2.45, 2.75) is 6.54 Å². The zero-order valence-corrected chi connectivity index (χ0v) is 8.91. The van der Waals surface area contributed by atoms with Gasteiger partial charge in [-0.05, 0) is 17.7 Å². The molecule has 1 heterocycles. The highest BCUT2D eigenvalue weighted by Crippen LogP contribution is 2.12. The van der Waals surface area contributed by atoms with Gasteiger partial charge in [0.25, 0.3) is 0 Å². The Morgan fingerprint density at radius 2 is 2.12 bits per heavy atom. The second kappa shape index (κ2) is 5.11. The Morgan fingerprint density at radius 3 is 2.75 bits per heavy atom. The minimum absolute atomic E-state index is 0.530. The average molecular weight is 215 g/mol. The molecule has 0 bridgehead atoms. The van der Waals surface area contributed by atoms with Gasteiger partial charge in [-0.2, -0.15) is 0 Å². The van der Waals surface area contributed by atoms with Gasteiger partial charge in [-0.15, -0.1) is 5.10 Å². The van der Waals surface area contributed by atoms with E-state index in [1.165, 1.54) is 0 Å². The molecule has 4 nitrogen and oxygen atoms in total. The molecular formula is C12H13N3O. The van der Waals surface area contributed by atoms with Gasteiger partial charge in [0, 0.05) is 6.20 Å². The van der Waals surface area contributed by atoms with Gasteiger partial charge in [-0.25, -0.2) is 4.68 Å². The molecule has 0 aliphatic carbocycles. The van der Waals surface area contributed by atoms with Crippen molar-refractivity contribution in [3.63, 3.8) is 0 Å². The van der Waals surface area contributed by atoms with Gasteiger partial charge in [0.1, 0.15) is 12.4 Å². The smallest absolute Gasteiger partial charge is 0.119 e. The lowest BCUT2D eigenvalue weighted by molar-refractivity contribution is 0.363. The van der Waals surface area contributed by atoms with Crippen molar-refractivity contribution in [3.8, 4) is 5.75 Å². The molecule has 0 aliphatic rings. The highest BCUT2D eigenvalue weighted by molar-refractivity contribution is 5.27. The monoisotopic (exact) mass is 215 g/mol. The van der Waals surface area contributed by atoms with Gasteiger partial charge in [0.2, 0.25) is 0 Å². The number of hydrogen-bond donors (Lipinski definition) is 0. The normalized spacial score (nSPS) is 10.0. The number of rotatable bonds is 5. The van der Waals surface area contributed by atoms with E-state index in [-0.39, 0.29) is 0 Å². The first-order chi connectivity index (χ1) is 7.88. The van der Waals surface area contributed by atoms with Gasteiger partial charge < -0.3 is 4.74 Å². The Labute approximate surface area is 94.2 Å². The maximum absolute atomic E-state index is 5.39. The Balaban J connectivity index is 1.99. The number of benzene rings is 1. The lowest BCUT2D eigenvalue weighted by Gasteiger charge is -2.04. The fourth-order valence-corrected chi connectivity index (χ4v) is 1.35. The fraction of sp³-hybridized carbons (Fsp3) is 0.167. The molecule has 0 N–H and O–H groups in total. The number of hydrogen-bond acceptors (Lipinski definition) is 3. The predicted molar refractivity (Wildman–Crippen MR) is 61.3 cm³/mol. The number of nitrogens with zero attached hydrogens (tertiary/aromatic N) is 3. The molecule has 82 valence electrons. The van der Waals surface area contributed by atoms with E-state index in [9.17, 15) is 0 Å². The van der Waals surface area contributed by atoms with Gasteiger partial charge in [0.15, 0.2) is 0 Å². The molecule has 0 spiro atoms. The van der Waals surface area contributed by atoms with Crippen molar-refractivity contribution < 1.29 is 4.74 Å². The molecule has 0 amide bonds. The van der Waals surface area contributed by atoms with Crippen LogP contribution in [0.4, 0.5) is 0 Å². The minimum Gasteiger partial charge on any atom is -0.490 e. The van der Waals surface area contributed by atoms with Crippen LogP contribution >= 0.6 is 0 Å². The summed E-state index contributed by atoms with van der Waals surface area (Å²) in [6.45, 7) is 4.85. The van der Waals surface area contributed by atoms with Crippen LogP contribution in [0.2, 0.25) is 0 Å². The van der Waals surface area contributed by atoms with Crippen molar-refractivity contribution in [2.75, 3.05) is 6.61 Å². The quantitative estimate of drug-likeness (QED) is 0.715. The summed E-state index contributed by atoms with van der Waals surface area (Å²) in [5.41, 5.74) is 1.16. The molecule has 0 fully saturated rings. The number of ether oxygens (including phenoxy) is 1. The Kier molecular flexibility index (Phi) is 3.33. The number of aromatic nitrogens is 3. The van der Waals surface area contributed by atoms with E-state index >= 15 is 0 Å². The van der Waals surface area contributed by atoms with Crippen LogP contribution in [0, 0.1) is 0 Å². The first kappa shape index (κ1) is 10.4. The summed E-state index contributed by atoms with van der Waals surface area (Å²) in [6, 6.07) is 7.91. The van der Waals surface area contributed by atoms with E-state index in [0.717, 1.165) is 17.9 Å². The van der Waals surface area contributed by atoms with Gasteiger partial charge in [-0.3, -0.25) is 0 Å². The molecule has 0 unspecified atom stereocenters. The third-order valence-corrected chi connectivity index (χ3v) is 2.11. The van der Waals surface area contributed by atoms with E-state index in [4.69, 9.17) is 4.74 Å². The maximum atomic E-state index is 5.39. The van der Waals surface area contributed by atoms with Crippen molar-refractivity contribution in [3.05, 3.63) is 54.9 Å². The minimum atomic E-state index is 0.530. The average Bonchev–Trinajstić information content (AvgIpc) is 2.81. The molecule has 1 aromatic heterocycles. The van der Waals surface area contributed by atoms with E-state index < -0.39 is 0 Å². The molecular weight excluding hydrogens is 202 g/mol. The van der Waals surface area contributed by atoms with Crippen LogP contribution in [0.3, 0.4) is 0 Å². The van der Waals surface area contributed by atoms with Gasteiger partial charge >= 0.3 is 0 Å². The van der Waals surface area contributed by atoms with E-state index in [1.807, 2.05) is 30.5 Å². The van der Waals surface area contributed by atoms with Crippen molar-refractivity contribution in [1.82, 2.24) is 15.0 Å². The van der Waals surface area contributed by atoms with Crippen LogP contribution in [0.15, 0.2) is 49.3 Å². The fourth-order valence-electron chi connectivity index (χ4n) is 1.35. The summed E-state index contributed by atoms with van der Waals surface area (Å²) in [6.07, 6.45) is 5.23. The highest BCUT2D eigenvalue weighted by Gasteiger charge is 1.96. The summed E-state index contributed by atoms with van der Waals surface area (Å²) in [4.78, 5) is 0. The van der Waals surface area contributed by atoms with Crippen molar-refractivity contribution in [2.24, 2.45) is 0 Å². The Hall–Kier alpha value is -2.10. The summed E-state index contributed by atoms with van der Waals surface area (Å²) in [7, 11) is 0. The third kappa shape index (κ3) is 2.70. The maximum Gasteiger partial charge on any atom is 0.119 e. The van der Waals surface area contributed by atoms with Gasteiger partial charge in [0.05, 0.1) is 12.7 Å². The second-order valence-electron chi connectivity index (χ2n) is 3.34. The molecule has 2 rings (SSSR count). The molecule has 1 aromatic carbocycles. The Bertz CT molecular complexity index is 434. The van der Waals surface area contributed by atoms with Crippen LogP contribution in [0.5, 0.6) is 5.75 Å². The van der Waals surface area contributed by atoms with E-state index in [0.29, 0.717) is 6.61 Å². The molecule has 0 saturated heterocycles. The molecule has 2 aromatic rings. The Morgan fingerprint density at radius 1 is 1.31 bits per heavy atom. The highest BCUT2D eigenvalue weighted by atomic mass is 16.5. The first-order valence-electron chi connectivity index (χ1n) is 5.05. The molecule has 0 atom stereocenters. The van der Waals surface area contributed by atoms with Gasteiger partial charge in [-0.1, -0.05) is 30.0 Å². The lowest BCUT2D eigenvalue weighted by Crippen LogP contribution is -2.00. The topological polar surface area (TPSA) is 39.9 Å². The SMILES string of the molecule is C=CCOc1ccc(Cn2ccnn2)cc1. The van der Waals surface area contributed by atoms with Crippen LogP contribution < -0.4 is 4.74 Å². The van der Waals surface area contributed by atoms with Crippen molar-refractivity contribution >= 4 is 0 Å². The van der Waals surface area contributed by atoms with E-state index in [1.54, 1.807) is 17.0 Å². The molecule has 0 radical (unpaired) electrons. The largest absolute Gasteiger partial charge is 0.490 e. The summed E-state index contributed by atoms with van der Waals surface area (Å²) in [5.74, 6) is 0.849. The molecule has 0 aliphatic heterocycles.